The third-order valence-corrected chi connectivity index (χ3v) is 1.03. The highest BCUT2D eigenvalue weighted by molar-refractivity contribution is 7.43. The molecule has 0 aliphatic heterocycles. The average molecular weight is 168 g/mol. The van der Waals surface area contributed by atoms with Gasteiger partial charge in [-0.3, -0.25) is 4.79 Å². The summed E-state index contributed by atoms with van der Waals surface area (Å²) in [5, 5.41) is 8.32. The normalized spacial score (nSPS) is 14.8. The van der Waals surface area contributed by atoms with Gasteiger partial charge in [0.15, 0.2) is 5.78 Å². The van der Waals surface area contributed by atoms with Gasteiger partial charge in [0, 0.05) is 0 Å². The molecule has 0 bridgehead atoms. The van der Waals surface area contributed by atoms with Crippen molar-refractivity contribution in [1.82, 2.24) is 0 Å². The van der Waals surface area contributed by atoms with Gasteiger partial charge >= 0.3 is 0 Å². The molecule has 0 aromatic rings. The maximum atomic E-state index is 10.0. The van der Waals surface area contributed by atoms with Gasteiger partial charge in [-0.25, -0.2) is 0 Å². The number of phosphoric ester groups is 1. The molecule has 1 N–H and O–H groups in total. The molecule has 60 valence electrons. The Bertz CT molecular complexity index is 170. The van der Waals surface area contributed by atoms with Crippen LogP contribution in [0.2, 0.25) is 0 Å². The minimum absolute atomic E-state index is 0.889. The van der Waals surface area contributed by atoms with Crippen molar-refractivity contribution in [3.63, 3.8) is 0 Å². The minimum atomic E-state index is -5.25. The molecule has 10 heavy (non-hydrogen) atoms. The van der Waals surface area contributed by atoms with Crippen LogP contribution < -0.4 is 9.79 Å². The van der Waals surface area contributed by atoms with E-state index < -0.39 is 19.9 Å². The van der Waals surface area contributed by atoms with E-state index in [4.69, 9.17) is 5.11 Å². The first-order valence-corrected chi connectivity index (χ1v) is 3.68. The number of hydrogen-bond donors (Lipinski definition) is 1. The van der Waals surface area contributed by atoms with E-state index in [9.17, 15) is 19.1 Å². The Kier molecular flexibility index (Phi) is 3.14. The second kappa shape index (κ2) is 3.23. The van der Waals surface area contributed by atoms with E-state index in [-0.39, 0.29) is 0 Å². The molecular weight excluding hydrogens is 163 g/mol. The Hall–Kier alpha value is -0.260. The first-order chi connectivity index (χ1) is 4.33. The van der Waals surface area contributed by atoms with Crippen molar-refractivity contribution in [2.45, 2.75) is 13.2 Å². The molecule has 1 atom stereocenters. The van der Waals surface area contributed by atoms with Crippen LogP contribution in [0.4, 0.5) is 0 Å². The lowest BCUT2D eigenvalue weighted by atomic mass is 10.4. The first kappa shape index (κ1) is 9.74. The molecule has 0 saturated heterocycles. The third-order valence-electron chi connectivity index (χ3n) is 0.577. The van der Waals surface area contributed by atoms with Gasteiger partial charge in [-0.15, -0.1) is 0 Å². The Labute approximate surface area is 56.7 Å². The van der Waals surface area contributed by atoms with E-state index in [0.717, 1.165) is 6.92 Å². The SMILES string of the molecule is CC(=O)C(O)OP(=O)([O-])[O-]. The van der Waals surface area contributed by atoms with Gasteiger partial charge in [0.2, 0.25) is 6.29 Å². The van der Waals surface area contributed by atoms with Crippen LogP contribution >= 0.6 is 7.82 Å². The standard InChI is InChI=1S/C3H7O6P/c1-2(4)3(5)9-10(6,7)8/h3,5H,1H3,(H2,6,7,8)/p-2. The number of aliphatic hydroxyl groups is 1. The molecule has 0 aliphatic rings. The molecular formula is C3H5O6P-2. The zero-order chi connectivity index (χ0) is 8.36. The summed E-state index contributed by atoms with van der Waals surface area (Å²) in [6.07, 6.45) is -2.17. The number of carbonyl (C=O) groups excluding carboxylic acids is 1. The second-order valence-corrected chi connectivity index (χ2v) is 2.62. The molecule has 0 aromatic heterocycles. The number of hydrogen-bond acceptors (Lipinski definition) is 6. The number of Topliss-reactive ketones (excluding diaryl/α,β-unsaturated/α-hetero) is 1. The fourth-order valence-corrected chi connectivity index (χ4v) is 0.590. The Morgan fingerprint density at radius 3 is 2.20 bits per heavy atom. The van der Waals surface area contributed by atoms with Gasteiger partial charge in [-0.05, 0) is 6.92 Å². The van der Waals surface area contributed by atoms with Crippen molar-refractivity contribution in [3.8, 4) is 0 Å². The van der Waals surface area contributed by atoms with Gasteiger partial charge in [0.25, 0.3) is 0 Å². The fraction of sp³-hybridized carbons (Fsp3) is 0.667. The molecule has 0 heterocycles. The minimum Gasteiger partial charge on any atom is -0.790 e. The molecule has 7 heteroatoms. The highest BCUT2D eigenvalue weighted by Gasteiger charge is 2.10. The Balaban J connectivity index is 3.93. The van der Waals surface area contributed by atoms with Crippen LogP contribution in [0.15, 0.2) is 0 Å². The summed E-state index contributed by atoms with van der Waals surface area (Å²) in [4.78, 5) is 29.4. The highest BCUT2D eigenvalue weighted by Crippen LogP contribution is 2.26. The lowest BCUT2D eigenvalue weighted by molar-refractivity contribution is -0.349. The number of carbonyl (C=O) groups is 1. The molecule has 0 amide bonds. The van der Waals surface area contributed by atoms with E-state index in [1.54, 1.807) is 0 Å². The Morgan fingerprint density at radius 2 is 2.10 bits per heavy atom. The van der Waals surface area contributed by atoms with Crippen LogP contribution in [0.5, 0.6) is 0 Å². The third kappa shape index (κ3) is 4.60. The summed E-state index contributed by atoms with van der Waals surface area (Å²) in [7, 11) is -5.25. The van der Waals surface area contributed by atoms with Crippen LogP contribution in [0.3, 0.4) is 0 Å². The van der Waals surface area contributed by atoms with Crippen molar-refractivity contribution < 1.29 is 28.8 Å². The van der Waals surface area contributed by atoms with Gasteiger partial charge in [-0.2, -0.15) is 0 Å². The van der Waals surface area contributed by atoms with Crippen LogP contribution in [-0.4, -0.2) is 17.2 Å². The average Bonchev–Trinajstić information content (AvgIpc) is 1.60. The monoisotopic (exact) mass is 168 g/mol. The summed E-state index contributed by atoms with van der Waals surface area (Å²) in [6, 6.07) is 0. The molecule has 0 fully saturated rings. The molecule has 0 spiro atoms. The first-order valence-electron chi connectivity index (χ1n) is 2.22. The maximum absolute atomic E-state index is 10.0. The second-order valence-electron chi connectivity index (χ2n) is 1.52. The van der Waals surface area contributed by atoms with Crippen LogP contribution in [0, 0.1) is 0 Å². The number of rotatable bonds is 3. The number of phosphoric acid groups is 1. The largest absolute Gasteiger partial charge is 0.790 e. The zero-order valence-electron chi connectivity index (χ0n) is 5.01. The fourth-order valence-electron chi connectivity index (χ4n) is 0.197. The van der Waals surface area contributed by atoms with Crippen LogP contribution in [0.1, 0.15) is 6.92 Å². The lowest BCUT2D eigenvalue weighted by Crippen LogP contribution is -2.27. The predicted octanol–water partition coefficient (Wildman–Crippen LogP) is -2.26. The van der Waals surface area contributed by atoms with Gasteiger partial charge in [0.1, 0.15) is 0 Å². The van der Waals surface area contributed by atoms with Crippen molar-refractivity contribution in [1.29, 1.82) is 0 Å². The van der Waals surface area contributed by atoms with Crippen molar-refractivity contribution in [3.05, 3.63) is 0 Å². The predicted molar refractivity (Wildman–Crippen MR) is 25.4 cm³/mol. The topological polar surface area (TPSA) is 110 Å². The smallest absolute Gasteiger partial charge is 0.219 e. The number of ketones is 1. The summed E-state index contributed by atoms with van der Waals surface area (Å²) in [6.45, 7) is 0.889. The quantitative estimate of drug-likeness (QED) is 0.376. The van der Waals surface area contributed by atoms with Gasteiger partial charge in [0.05, 0.1) is 7.82 Å². The summed E-state index contributed by atoms with van der Waals surface area (Å²) in [5.41, 5.74) is 0. The molecule has 0 aliphatic carbocycles. The highest BCUT2D eigenvalue weighted by atomic mass is 31.2. The molecule has 0 rings (SSSR count). The molecule has 6 nitrogen and oxygen atoms in total. The van der Waals surface area contributed by atoms with Crippen molar-refractivity contribution in [2.75, 3.05) is 0 Å². The van der Waals surface area contributed by atoms with Gasteiger partial charge < -0.3 is 24.0 Å². The van der Waals surface area contributed by atoms with E-state index in [0.29, 0.717) is 0 Å². The molecule has 0 saturated carbocycles. The van der Waals surface area contributed by atoms with E-state index >= 15 is 0 Å². The summed E-state index contributed by atoms with van der Waals surface area (Å²) >= 11 is 0. The molecule has 0 radical (unpaired) electrons. The molecule has 0 aromatic carbocycles. The lowest BCUT2D eigenvalue weighted by Gasteiger charge is -2.29. The van der Waals surface area contributed by atoms with Crippen molar-refractivity contribution in [2.24, 2.45) is 0 Å². The van der Waals surface area contributed by atoms with E-state index in [1.165, 1.54) is 0 Å². The van der Waals surface area contributed by atoms with Crippen molar-refractivity contribution >= 4 is 13.6 Å². The maximum Gasteiger partial charge on any atom is 0.219 e. The summed E-state index contributed by atoms with van der Waals surface area (Å²) < 4.78 is 13.0. The van der Waals surface area contributed by atoms with Crippen LogP contribution in [-0.2, 0) is 13.9 Å². The zero-order valence-corrected chi connectivity index (χ0v) is 5.91. The number of aliphatic hydroxyl groups excluding tert-OH is 1. The van der Waals surface area contributed by atoms with E-state index in [1.807, 2.05) is 0 Å². The Morgan fingerprint density at radius 1 is 1.70 bits per heavy atom. The van der Waals surface area contributed by atoms with Gasteiger partial charge in [-0.1, -0.05) is 0 Å². The van der Waals surface area contributed by atoms with E-state index in [2.05, 4.69) is 4.52 Å². The van der Waals surface area contributed by atoms with Crippen LogP contribution in [0.25, 0.3) is 0 Å². The summed E-state index contributed by atoms with van der Waals surface area (Å²) in [5.74, 6) is -0.938. The molecule has 1 unspecified atom stereocenters.